The first-order valence-electron chi connectivity index (χ1n) is 9.54. The van der Waals surface area contributed by atoms with Gasteiger partial charge in [-0.15, -0.1) is 11.8 Å². The molecule has 0 unspecified atom stereocenters. The highest BCUT2D eigenvalue weighted by Gasteiger charge is 2.18. The normalized spacial score (nSPS) is 20.6. The summed E-state index contributed by atoms with van der Waals surface area (Å²) in [5.74, 6) is 1.71. The Morgan fingerprint density at radius 2 is 2.03 bits per heavy atom. The zero-order chi connectivity index (χ0) is 21.7. The molecule has 1 aromatic heterocycles. The maximum absolute atomic E-state index is 12.3. The Bertz CT molecular complexity index is 1160. The van der Waals surface area contributed by atoms with E-state index in [0.29, 0.717) is 23.9 Å². The second kappa shape index (κ2) is 10.1. The Morgan fingerprint density at radius 3 is 2.73 bits per heavy atom. The smallest absolute Gasteiger partial charge is 0.361 e. The van der Waals surface area contributed by atoms with E-state index < -0.39 is 15.7 Å². The van der Waals surface area contributed by atoms with Crippen LogP contribution in [-0.2, 0) is 17.2 Å². The molecule has 2 aliphatic heterocycles. The van der Waals surface area contributed by atoms with Crippen molar-refractivity contribution in [3.63, 3.8) is 0 Å². The maximum atomic E-state index is 12.3. The molecule has 30 heavy (non-hydrogen) atoms. The molecule has 1 aromatic rings. The van der Waals surface area contributed by atoms with Crippen LogP contribution >= 0.6 is 23.5 Å². The van der Waals surface area contributed by atoms with Crippen LogP contribution < -0.4 is 16.5 Å². The van der Waals surface area contributed by atoms with Crippen molar-refractivity contribution in [2.24, 2.45) is 7.05 Å². The Balaban J connectivity index is 1.77. The van der Waals surface area contributed by atoms with E-state index in [1.165, 1.54) is 5.04 Å². The van der Waals surface area contributed by atoms with Gasteiger partial charge < -0.3 is 13.9 Å². The Kier molecular flexibility index (Phi) is 7.72. The van der Waals surface area contributed by atoms with Gasteiger partial charge in [0.25, 0.3) is 10.1 Å². The summed E-state index contributed by atoms with van der Waals surface area (Å²) in [6.07, 6.45) is 9.60. The third-order valence-corrected chi connectivity index (χ3v) is 7.78. The summed E-state index contributed by atoms with van der Waals surface area (Å²) < 4.78 is 39.9. The minimum atomic E-state index is -3.95. The van der Waals surface area contributed by atoms with Crippen molar-refractivity contribution in [2.45, 2.75) is 6.42 Å². The van der Waals surface area contributed by atoms with E-state index in [9.17, 15) is 13.2 Å². The van der Waals surface area contributed by atoms with Crippen LogP contribution in [0.4, 0.5) is 0 Å². The number of hydrogen-bond donors (Lipinski definition) is 1. The van der Waals surface area contributed by atoms with Crippen LogP contribution in [0.1, 0.15) is 6.42 Å². The van der Waals surface area contributed by atoms with Gasteiger partial charge >= 0.3 is 5.63 Å². The average molecular weight is 473 g/mol. The fraction of sp³-hybridized carbons (Fsp3) is 0.474. The van der Waals surface area contributed by atoms with Gasteiger partial charge in [-0.05, 0) is 30.7 Å². The van der Waals surface area contributed by atoms with Gasteiger partial charge in [0.1, 0.15) is 12.4 Å². The van der Waals surface area contributed by atoms with Gasteiger partial charge in [0, 0.05) is 32.0 Å². The quantitative estimate of drug-likeness (QED) is 0.439. The van der Waals surface area contributed by atoms with Gasteiger partial charge in [0.05, 0.1) is 16.5 Å². The highest BCUT2D eigenvalue weighted by atomic mass is 32.2. The molecule has 0 saturated carbocycles. The van der Waals surface area contributed by atoms with Crippen LogP contribution in [0, 0.1) is 0 Å². The van der Waals surface area contributed by atoms with Gasteiger partial charge in [-0.25, -0.2) is 9.37 Å². The molecule has 0 aromatic carbocycles. The SMILES string of the molecule is Cn1c(=CC=CC2=[N+](C)CCS2)oc(=O)c1=CC=C1SCCN1CCCS(=O)(=O)O. The standard InChI is InChI=1S/C19H25N3O5S3/c1-20-10-12-28-17(20)6-3-5-16-21(2)15(19(23)27-16)7-8-18-22(11-13-29-18)9-4-14-30(24,25)26/h3,5-8H,4,9-14H2,1-2H3/p+1. The fourth-order valence-corrected chi connectivity index (χ4v) is 5.72. The van der Waals surface area contributed by atoms with E-state index in [0.717, 1.165) is 29.6 Å². The molecule has 164 valence electrons. The van der Waals surface area contributed by atoms with Crippen molar-refractivity contribution in [3.05, 3.63) is 44.6 Å². The number of allylic oxidation sites excluding steroid dienone is 2. The Morgan fingerprint density at radius 1 is 1.23 bits per heavy atom. The minimum Gasteiger partial charge on any atom is -0.405 e. The minimum absolute atomic E-state index is 0.257. The molecule has 8 nitrogen and oxygen atoms in total. The van der Waals surface area contributed by atoms with Crippen molar-refractivity contribution < 1.29 is 22.0 Å². The second-order valence-corrected chi connectivity index (χ2v) is 10.8. The summed E-state index contributed by atoms with van der Waals surface area (Å²) in [5, 5.41) is 2.59. The van der Waals surface area contributed by atoms with Gasteiger partial charge in [-0.2, -0.15) is 8.42 Å². The highest BCUT2D eigenvalue weighted by molar-refractivity contribution is 8.14. The van der Waals surface area contributed by atoms with E-state index in [-0.39, 0.29) is 5.75 Å². The van der Waals surface area contributed by atoms with Gasteiger partial charge in [0.2, 0.25) is 10.6 Å². The fourth-order valence-electron chi connectivity index (χ4n) is 3.12. The molecule has 2 aliphatic rings. The zero-order valence-electron chi connectivity index (χ0n) is 17.0. The topological polar surface area (TPSA) is 95.8 Å². The van der Waals surface area contributed by atoms with Crippen LogP contribution in [0.25, 0.3) is 12.2 Å². The van der Waals surface area contributed by atoms with Crippen LogP contribution in [0.2, 0.25) is 0 Å². The molecule has 3 heterocycles. The predicted octanol–water partition coefficient (Wildman–Crippen LogP) is 0.0512. The second-order valence-electron chi connectivity index (χ2n) is 6.95. The number of thioether (sulfide) groups is 2. The number of hydrogen-bond acceptors (Lipinski definition) is 7. The molecule has 0 bridgehead atoms. The molecular formula is C19H26N3O5S3+. The van der Waals surface area contributed by atoms with Crippen LogP contribution in [-0.4, -0.2) is 76.0 Å². The maximum Gasteiger partial charge on any atom is 0.361 e. The summed E-state index contributed by atoms with van der Waals surface area (Å²) in [4.78, 5) is 14.3. The lowest BCUT2D eigenvalue weighted by Crippen LogP contribution is -2.29. The first kappa shape index (κ1) is 23.0. The molecule has 11 heteroatoms. The molecule has 0 atom stereocenters. The van der Waals surface area contributed by atoms with Crippen molar-refractivity contribution in [1.82, 2.24) is 9.47 Å². The van der Waals surface area contributed by atoms with Gasteiger partial charge in [-0.1, -0.05) is 11.8 Å². The molecule has 0 radical (unpaired) electrons. The van der Waals surface area contributed by atoms with E-state index in [1.54, 1.807) is 47.3 Å². The van der Waals surface area contributed by atoms with E-state index >= 15 is 0 Å². The van der Waals surface area contributed by atoms with Crippen LogP contribution in [0.15, 0.2) is 32.5 Å². The molecular weight excluding hydrogens is 446 g/mol. The van der Waals surface area contributed by atoms with E-state index in [4.69, 9.17) is 8.97 Å². The zero-order valence-corrected chi connectivity index (χ0v) is 19.4. The van der Waals surface area contributed by atoms with Crippen molar-refractivity contribution in [2.75, 3.05) is 43.9 Å². The molecule has 0 aliphatic carbocycles. The number of oxazole rings is 1. The number of rotatable bonds is 7. The highest BCUT2D eigenvalue weighted by Crippen LogP contribution is 2.27. The lowest BCUT2D eigenvalue weighted by atomic mass is 10.4. The number of aromatic nitrogens is 1. The van der Waals surface area contributed by atoms with Gasteiger partial charge in [-0.3, -0.25) is 4.55 Å². The molecule has 1 saturated heterocycles. The third kappa shape index (κ3) is 6.16. The summed E-state index contributed by atoms with van der Waals surface area (Å²) in [6.45, 7) is 2.36. The largest absolute Gasteiger partial charge is 0.405 e. The summed E-state index contributed by atoms with van der Waals surface area (Å²) in [6, 6.07) is 0. The summed E-state index contributed by atoms with van der Waals surface area (Å²) in [7, 11) is -0.112. The Hall–Kier alpha value is -1.69. The first-order valence-corrected chi connectivity index (χ1v) is 13.1. The molecule has 0 spiro atoms. The first-order chi connectivity index (χ1) is 14.2. The van der Waals surface area contributed by atoms with Crippen LogP contribution in [0.3, 0.4) is 0 Å². The van der Waals surface area contributed by atoms with Gasteiger partial charge in [0.15, 0.2) is 6.54 Å². The molecule has 1 fully saturated rings. The number of nitrogens with zero attached hydrogens (tertiary/aromatic N) is 3. The third-order valence-electron chi connectivity index (χ3n) is 4.77. The predicted molar refractivity (Wildman–Crippen MR) is 123 cm³/mol. The lowest BCUT2D eigenvalue weighted by Gasteiger charge is -2.17. The summed E-state index contributed by atoms with van der Waals surface area (Å²) >= 11 is 3.44. The van der Waals surface area contributed by atoms with E-state index in [1.807, 2.05) is 18.2 Å². The monoisotopic (exact) mass is 472 g/mol. The summed E-state index contributed by atoms with van der Waals surface area (Å²) in [5.41, 5.74) is 0.0613. The average Bonchev–Trinajstić information content (AvgIpc) is 3.34. The van der Waals surface area contributed by atoms with Crippen molar-refractivity contribution in [3.8, 4) is 0 Å². The lowest BCUT2D eigenvalue weighted by molar-refractivity contribution is -0.485. The van der Waals surface area contributed by atoms with Crippen LogP contribution in [0.5, 0.6) is 0 Å². The van der Waals surface area contributed by atoms with E-state index in [2.05, 4.69) is 16.5 Å². The molecule has 0 amide bonds. The molecule has 1 N–H and O–H groups in total. The molecule has 3 rings (SSSR count). The van der Waals surface area contributed by atoms with Crippen molar-refractivity contribution in [1.29, 1.82) is 0 Å². The Labute approximate surface area is 184 Å². The van der Waals surface area contributed by atoms with Crippen molar-refractivity contribution >= 4 is 50.8 Å².